The van der Waals surface area contributed by atoms with E-state index < -0.39 is 10.8 Å². The smallest absolute Gasteiger partial charge is 0.109 e. The molecule has 0 heterocycles. The molecule has 96 valence electrons. The van der Waals surface area contributed by atoms with E-state index in [2.05, 4.69) is 0 Å². The molecule has 19 heavy (non-hydrogen) atoms. The zero-order chi connectivity index (χ0) is 13.5. The van der Waals surface area contributed by atoms with Gasteiger partial charge in [-0.2, -0.15) is 0 Å². The van der Waals surface area contributed by atoms with Crippen LogP contribution >= 0.6 is 11.6 Å². The van der Waals surface area contributed by atoms with Crippen LogP contribution in [0.15, 0.2) is 82.1 Å². The average molecular weight is 289 g/mol. The van der Waals surface area contributed by atoms with Crippen LogP contribution in [0.25, 0.3) is 6.08 Å². The highest BCUT2D eigenvalue weighted by atomic mass is 35.5. The third kappa shape index (κ3) is 4.19. The molecule has 0 N–H and O–H groups in total. The van der Waals surface area contributed by atoms with E-state index in [1.54, 1.807) is 24.3 Å². The van der Waals surface area contributed by atoms with Gasteiger partial charge in [-0.15, -0.1) is 0 Å². The second kappa shape index (κ2) is 7.07. The molecule has 0 bridgehead atoms. The molecule has 2 aromatic rings. The highest BCUT2D eigenvalue weighted by Crippen LogP contribution is 2.17. The van der Waals surface area contributed by atoms with Gasteiger partial charge in [-0.1, -0.05) is 72.3 Å². The Morgan fingerprint density at radius 2 is 1.53 bits per heavy atom. The minimum Gasteiger partial charge on any atom is -0.248 e. The summed E-state index contributed by atoms with van der Waals surface area (Å²) in [6.07, 6.45) is 5.39. The number of rotatable bonds is 4. The van der Waals surface area contributed by atoms with E-state index in [0.717, 1.165) is 5.56 Å². The standard InChI is InChI=1S/C16H13ClOS/c17-16(19(18)15-11-5-2-6-12-15)13-7-10-14-8-3-1-4-9-14/h1-13H/b10-7+,16-13-/t19-/m0/s1. The molecule has 0 spiro atoms. The van der Waals surface area contributed by atoms with Gasteiger partial charge in [0.05, 0.1) is 10.8 Å². The Hall–Kier alpha value is -1.64. The first-order valence-corrected chi connectivity index (χ1v) is 7.36. The molecule has 2 rings (SSSR count). The van der Waals surface area contributed by atoms with Crippen LogP contribution in [0.3, 0.4) is 0 Å². The van der Waals surface area contributed by atoms with Crippen molar-refractivity contribution in [2.24, 2.45) is 0 Å². The van der Waals surface area contributed by atoms with Crippen molar-refractivity contribution in [3.63, 3.8) is 0 Å². The van der Waals surface area contributed by atoms with Crippen LogP contribution in [0.2, 0.25) is 0 Å². The maximum Gasteiger partial charge on any atom is 0.109 e. The summed E-state index contributed by atoms with van der Waals surface area (Å²) in [5.74, 6) is 0. The normalized spacial score (nSPS) is 13.6. The van der Waals surface area contributed by atoms with Gasteiger partial charge < -0.3 is 0 Å². The summed E-state index contributed by atoms with van der Waals surface area (Å²) in [4.78, 5) is 0.705. The minimum atomic E-state index is -1.31. The summed E-state index contributed by atoms with van der Waals surface area (Å²) in [6, 6.07) is 19.0. The van der Waals surface area contributed by atoms with E-state index in [9.17, 15) is 4.21 Å². The van der Waals surface area contributed by atoms with Crippen LogP contribution in [-0.4, -0.2) is 4.21 Å². The Labute approximate surface area is 120 Å². The van der Waals surface area contributed by atoms with Gasteiger partial charge in [0.2, 0.25) is 0 Å². The fourth-order valence-electron chi connectivity index (χ4n) is 1.52. The van der Waals surface area contributed by atoms with E-state index in [4.69, 9.17) is 11.6 Å². The molecule has 2 aromatic carbocycles. The van der Waals surface area contributed by atoms with Gasteiger partial charge in [-0.3, -0.25) is 0 Å². The predicted octanol–water partition coefficient (Wildman–Crippen LogP) is 4.59. The highest BCUT2D eigenvalue weighted by molar-refractivity contribution is 7.90. The second-order valence-corrected chi connectivity index (χ2v) is 5.90. The molecule has 0 unspecified atom stereocenters. The molecule has 0 aromatic heterocycles. The van der Waals surface area contributed by atoms with Crippen LogP contribution in [-0.2, 0) is 10.8 Å². The Morgan fingerprint density at radius 1 is 0.947 bits per heavy atom. The quantitative estimate of drug-likeness (QED) is 0.752. The molecule has 0 saturated carbocycles. The van der Waals surface area contributed by atoms with Crippen LogP contribution in [0.5, 0.6) is 0 Å². The lowest BCUT2D eigenvalue weighted by molar-refractivity contribution is 0.688. The van der Waals surface area contributed by atoms with E-state index >= 15 is 0 Å². The monoisotopic (exact) mass is 288 g/mol. The van der Waals surface area contributed by atoms with E-state index in [-0.39, 0.29) is 0 Å². The van der Waals surface area contributed by atoms with Crippen molar-refractivity contribution in [2.75, 3.05) is 0 Å². The van der Waals surface area contributed by atoms with Crippen molar-refractivity contribution in [1.29, 1.82) is 0 Å². The molecule has 0 fully saturated rings. The van der Waals surface area contributed by atoms with Gasteiger partial charge in [0, 0.05) is 4.90 Å². The first kappa shape index (κ1) is 13.8. The van der Waals surface area contributed by atoms with E-state index in [1.165, 1.54) is 0 Å². The van der Waals surface area contributed by atoms with Crippen molar-refractivity contribution in [2.45, 2.75) is 4.90 Å². The summed E-state index contributed by atoms with van der Waals surface area (Å²) in [5, 5.41) is 0. The maximum atomic E-state index is 12.1. The van der Waals surface area contributed by atoms with Gasteiger partial charge in [0.15, 0.2) is 0 Å². The van der Waals surface area contributed by atoms with Crippen LogP contribution in [0.1, 0.15) is 5.56 Å². The largest absolute Gasteiger partial charge is 0.248 e. The number of allylic oxidation sites excluding steroid dienone is 2. The van der Waals surface area contributed by atoms with Gasteiger partial charge >= 0.3 is 0 Å². The van der Waals surface area contributed by atoms with Gasteiger partial charge in [0.1, 0.15) is 4.36 Å². The van der Waals surface area contributed by atoms with Crippen LogP contribution in [0.4, 0.5) is 0 Å². The topological polar surface area (TPSA) is 17.1 Å². The third-order valence-electron chi connectivity index (χ3n) is 2.45. The molecule has 0 saturated heterocycles. The fourth-order valence-corrected chi connectivity index (χ4v) is 2.69. The molecule has 0 aliphatic rings. The minimum absolute atomic E-state index is 0.318. The number of hydrogen-bond acceptors (Lipinski definition) is 1. The maximum absolute atomic E-state index is 12.1. The number of halogens is 1. The summed E-state index contributed by atoms with van der Waals surface area (Å²) < 4.78 is 12.4. The van der Waals surface area contributed by atoms with E-state index in [1.807, 2.05) is 54.6 Å². The Kier molecular flexibility index (Phi) is 5.13. The molecule has 0 radical (unpaired) electrons. The van der Waals surface area contributed by atoms with Crippen LogP contribution in [0, 0.1) is 0 Å². The van der Waals surface area contributed by atoms with Gasteiger partial charge in [-0.05, 0) is 23.8 Å². The lowest BCUT2D eigenvalue weighted by Gasteiger charge is -1.98. The molecule has 1 nitrogen and oxygen atoms in total. The molecular formula is C16H13ClOS. The fraction of sp³-hybridized carbons (Fsp3) is 0. The SMILES string of the molecule is O=[S@](/C(Cl)=C\C=C\c1ccccc1)c1ccccc1. The lowest BCUT2D eigenvalue weighted by atomic mass is 10.2. The zero-order valence-corrected chi connectivity index (χ0v) is 11.8. The average Bonchev–Trinajstić information content (AvgIpc) is 2.48. The molecule has 0 aliphatic carbocycles. The summed E-state index contributed by atoms with van der Waals surface area (Å²) in [5.41, 5.74) is 1.08. The van der Waals surface area contributed by atoms with E-state index in [0.29, 0.717) is 9.26 Å². The summed E-state index contributed by atoms with van der Waals surface area (Å²) in [6.45, 7) is 0. The molecular weight excluding hydrogens is 276 g/mol. The summed E-state index contributed by atoms with van der Waals surface area (Å²) >= 11 is 6.04. The zero-order valence-electron chi connectivity index (χ0n) is 10.2. The second-order valence-electron chi connectivity index (χ2n) is 3.82. The van der Waals surface area contributed by atoms with Crippen molar-refractivity contribution in [1.82, 2.24) is 0 Å². The third-order valence-corrected chi connectivity index (χ3v) is 4.19. The van der Waals surface area contributed by atoms with Crippen molar-refractivity contribution in [3.05, 3.63) is 82.7 Å². The summed E-state index contributed by atoms with van der Waals surface area (Å²) in [7, 11) is -1.31. The van der Waals surface area contributed by atoms with Crippen molar-refractivity contribution in [3.8, 4) is 0 Å². The molecule has 0 amide bonds. The Bertz CT molecular complexity index is 603. The lowest BCUT2D eigenvalue weighted by Crippen LogP contribution is -1.89. The Morgan fingerprint density at radius 3 is 2.16 bits per heavy atom. The van der Waals surface area contributed by atoms with Crippen molar-refractivity contribution < 1.29 is 4.21 Å². The molecule has 3 heteroatoms. The van der Waals surface area contributed by atoms with Gasteiger partial charge in [-0.25, -0.2) is 4.21 Å². The first-order valence-electron chi connectivity index (χ1n) is 5.83. The highest BCUT2D eigenvalue weighted by Gasteiger charge is 2.05. The predicted molar refractivity (Wildman–Crippen MR) is 82.3 cm³/mol. The number of benzene rings is 2. The molecule has 0 aliphatic heterocycles. The Balaban J connectivity index is 2.08. The van der Waals surface area contributed by atoms with Crippen LogP contribution < -0.4 is 0 Å². The first-order chi connectivity index (χ1) is 9.27. The van der Waals surface area contributed by atoms with Crippen molar-refractivity contribution >= 4 is 28.5 Å². The number of hydrogen-bond donors (Lipinski definition) is 0. The molecule has 1 atom stereocenters. The van der Waals surface area contributed by atoms with Gasteiger partial charge in [0.25, 0.3) is 0 Å².